The van der Waals surface area contributed by atoms with Crippen molar-refractivity contribution in [2.45, 2.75) is 31.5 Å². The highest BCUT2D eigenvalue weighted by atomic mass is 16.5. The number of nitrogens with zero attached hydrogens (tertiary/aromatic N) is 1. The molecule has 1 aromatic heterocycles. The summed E-state index contributed by atoms with van der Waals surface area (Å²) in [6.07, 6.45) is 2.51. The molecule has 1 aromatic carbocycles. The maximum atomic E-state index is 12.4. The zero-order valence-electron chi connectivity index (χ0n) is 14.6. The maximum Gasteiger partial charge on any atom is 0.315 e. The van der Waals surface area contributed by atoms with Crippen molar-refractivity contribution in [1.82, 2.24) is 10.6 Å². The number of rotatable bonds is 6. The Labute approximate surface area is 148 Å². The Balaban J connectivity index is 1.56. The third kappa shape index (κ3) is 4.33. The zero-order valence-corrected chi connectivity index (χ0v) is 14.6. The lowest BCUT2D eigenvalue weighted by atomic mass is 10.2. The standard InChI is InChI=1S/C19H25N3O3/c1-14-11-15(12-22(14)16-7-4-3-5-8-16)20-19(23)21-17(13-24-2)18-9-6-10-25-18/h3-10,14-15,17H,11-13H2,1-2H3,(H2,20,21,23)/t14-,15+,17+/m1/s1. The summed E-state index contributed by atoms with van der Waals surface area (Å²) in [6.45, 7) is 3.34. The Morgan fingerprint density at radius 1 is 1.32 bits per heavy atom. The van der Waals surface area contributed by atoms with E-state index in [0.29, 0.717) is 18.4 Å². The molecule has 134 valence electrons. The number of urea groups is 1. The minimum Gasteiger partial charge on any atom is -0.467 e. The van der Waals surface area contributed by atoms with E-state index in [0.717, 1.165) is 13.0 Å². The van der Waals surface area contributed by atoms with Gasteiger partial charge in [0.25, 0.3) is 0 Å². The fraction of sp³-hybridized carbons (Fsp3) is 0.421. The molecule has 0 aliphatic carbocycles. The number of furan rings is 1. The SMILES string of the molecule is COC[C@H](NC(=O)N[C@H]1C[C@@H](C)N(c2ccccc2)C1)c1ccco1. The molecule has 6 nitrogen and oxygen atoms in total. The highest BCUT2D eigenvalue weighted by Gasteiger charge is 2.30. The average Bonchev–Trinajstić information content (AvgIpc) is 3.25. The second kappa shape index (κ2) is 8.07. The van der Waals surface area contributed by atoms with Crippen LogP contribution in [0.4, 0.5) is 10.5 Å². The lowest BCUT2D eigenvalue weighted by Crippen LogP contribution is -2.45. The molecule has 2 aromatic rings. The summed E-state index contributed by atoms with van der Waals surface area (Å²) < 4.78 is 10.6. The van der Waals surface area contributed by atoms with E-state index in [1.807, 2.05) is 24.3 Å². The molecule has 1 aliphatic heterocycles. The molecular weight excluding hydrogens is 318 g/mol. The van der Waals surface area contributed by atoms with Gasteiger partial charge in [-0.15, -0.1) is 0 Å². The molecule has 3 atom stereocenters. The number of hydrogen-bond acceptors (Lipinski definition) is 4. The molecule has 1 fully saturated rings. The van der Waals surface area contributed by atoms with E-state index in [9.17, 15) is 4.79 Å². The van der Waals surface area contributed by atoms with Gasteiger partial charge >= 0.3 is 6.03 Å². The molecule has 0 radical (unpaired) electrons. The van der Waals surface area contributed by atoms with Crippen molar-refractivity contribution in [3.8, 4) is 0 Å². The molecule has 0 saturated carbocycles. The van der Waals surface area contributed by atoms with Crippen LogP contribution in [0.2, 0.25) is 0 Å². The van der Waals surface area contributed by atoms with Crippen LogP contribution in [0.1, 0.15) is 25.1 Å². The number of ether oxygens (including phenoxy) is 1. The van der Waals surface area contributed by atoms with Gasteiger partial charge < -0.3 is 24.7 Å². The number of nitrogens with one attached hydrogen (secondary N) is 2. The summed E-state index contributed by atoms with van der Waals surface area (Å²) in [7, 11) is 1.60. The molecule has 2 heterocycles. The molecule has 0 bridgehead atoms. The number of hydrogen-bond donors (Lipinski definition) is 2. The molecule has 1 saturated heterocycles. The van der Waals surface area contributed by atoms with Crippen molar-refractivity contribution in [3.63, 3.8) is 0 Å². The Kier molecular flexibility index (Phi) is 5.60. The summed E-state index contributed by atoms with van der Waals surface area (Å²) in [6, 6.07) is 13.9. The molecule has 0 spiro atoms. The molecule has 6 heteroatoms. The minimum atomic E-state index is -0.302. The summed E-state index contributed by atoms with van der Waals surface area (Å²) in [5, 5.41) is 6.00. The monoisotopic (exact) mass is 343 g/mol. The van der Waals surface area contributed by atoms with Crippen LogP contribution >= 0.6 is 0 Å². The van der Waals surface area contributed by atoms with E-state index in [2.05, 4.69) is 34.6 Å². The van der Waals surface area contributed by atoms with E-state index in [-0.39, 0.29) is 18.1 Å². The highest BCUT2D eigenvalue weighted by Crippen LogP contribution is 2.25. The lowest BCUT2D eigenvalue weighted by molar-refractivity contribution is 0.156. The molecule has 3 rings (SSSR count). The van der Waals surface area contributed by atoms with Gasteiger partial charge in [-0.1, -0.05) is 18.2 Å². The highest BCUT2D eigenvalue weighted by molar-refractivity contribution is 5.75. The van der Waals surface area contributed by atoms with Crippen LogP contribution in [0.5, 0.6) is 0 Å². The van der Waals surface area contributed by atoms with Crippen LogP contribution in [0, 0.1) is 0 Å². The number of para-hydroxylation sites is 1. The second-order valence-corrected chi connectivity index (χ2v) is 6.41. The van der Waals surface area contributed by atoms with Crippen LogP contribution in [-0.2, 0) is 4.74 Å². The van der Waals surface area contributed by atoms with Gasteiger partial charge in [0, 0.05) is 25.4 Å². The van der Waals surface area contributed by atoms with Gasteiger partial charge in [-0.05, 0) is 37.6 Å². The largest absolute Gasteiger partial charge is 0.467 e. The summed E-state index contributed by atoms with van der Waals surface area (Å²) in [5.41, 5.74) is 1.19. The zero-order chi connectivity index (χ0) is 17.6. The first-order valence-electron chi connectivity index (χ1n) is 8.58. The maximum absolute atomic E-state index is 12.4. The van der Waals surface area contributed by atoms with Crippen molar-refractivity contribution in [2.75, 3.05) is 25.2 Å². The van der Waals surface area contributed by atoms with Gasteiger partial charge in [0.2, 0.25) is 0 Å². The third-order valence-electron chi connectivity index (χ3n) is 4.52. The first kappa shape index (κ1) is 17.4. The van der Waals surface area contributed by atoms with Gasteiger partial charge in [0.05, 0.1) is 18.9 Å². The molecular formula is C19H25N3O3. The van der Waals surface area contributed by atoms with Crippen molar-refractivity contribution in [1.29, 1.82) is 0 Å². The molecule has 25 heavy (non-hydrogen) atoms. The van der Waals surface area contributed by atoms with Crippen LogP contribution in [-0.4, -0.2) is 38.4 Å². The normalized spacial score (nSPS) is 21.1. The van der Waals surface area contributed by atoms with Crippen LogP contribution in [0.3, 0.4) is 0 Å². The number of benzene rings is 1. The topological polar surface area (TPSA) is 66.7 Å². The second-order valence-electron chi connectivity index (χ2n) is 6.41. The van der Waals surface area contributed by atoms with E-state index in [4.69, 9.17) is 9.15 Å². The summed E-state index contributed by atoms with van der Waals surface area (Å²) in [5.74, 6) is 0.683. The molecule has 2 N–H and O–H groups in total. The number of carbonyl (C=O) groups is 1. The third-order valence-corrected chi connectivity index (χ3v) is 4.52. The Morgan fingerprint density at radius 3 is 2.80 bits per heavy atom. The molecule has 0 unspecified atom stereocenters. The van der Waals surface area contributed by atoms with Crippen LogP contribution < -0.4 is 15.5 Å². The molecule has 1 aliphatic rings. The van der Waals surface area contributed by atoms with Crippen molar-refractivity contribution < 1.29 is 13.9 Å². The van der Waals surface area contributed by atoms with E-state index in [1.165, 1.54) is 5.69 Å². The predicted molar refractivity (Wildman–Crippen MR) is 96.6 cm³/mol. The number of methoxy groups -OCH3 is 1. The fourth-order valence-electron chi connectivity index (χ4n) is 3.35. The number of anilines is 1. The van der Waals surface area contributed by atoms with Gasteiger partial charge in [0.15, 0.2) is 0 Å². The fourth-order valence-corrected chi connectivity index (χ4v) is 3.35. The van der Waals surface area contributed by atoms with E-state index in [1.54, 1.807) is 19.4 Å². The number of amides is 2. The van der Waals surface area contributed by atoms with Crippen LogP contribution in [0.15, 0.2) is 53.1 Å². The quantitative estimate of drug-likeness (QED) is 0.846. The lowest BCUT2D eigenvalue weighted by Gasteiger charge is -2.23. The van der Waals surface area contributed by atoms with Gasteiger partial charge in [0.1, 0.15) is 11.8 Å². The first-order valence-corrected chi connectivity index (χ1v) is 8.58. The van der Waals surface area contributed by atoms with Gasteiger partial charge in [-0.2, -0.15) is 0 Å². The molecule has 2 amide bonds. The number of carbonyl (C=O) groups excluding carboxylic acids is 1. The van der Waals surface area contributed by atoms with Crippen molar-refractivity contribution in [2.24, 2.45) is 0 Å². The first-order chi connectivity index (χ1) is 12.2. The Morgan fingerprint density at radius 2 is 2.12 bits per heavy atom. The Hall–Kier alpha value is -2.47. The minimum absolute atomic E-state index is 0.106. The average molecular weight is 343 g/mol. The smallest absolute Gasteiger partial charge is 0.315 e. The van der Waals surface area contributed by atoms with E-state index >= 15 is 0 Å². The summed E-state index contributed by atoms with van der Waals surface area (Å²) in [4.78, 5) is 14.7. The van der Waals surface area contributed by atoms with E-state index < -0.39 is 0 Å². The van der Waals surface area contributed by atoms with Gasteiger partial charge in [-0.3, -0.25) is 0 Å². The van der Waals surface area contributed by atoms with Gasteiger partial charge in [-0.25, -0.2) is 4.79 Å². The summed E-state index contributed by atoms with van der Waals surface area (Å²) >= 11 is 0. The van der Waals surface area contributed by atoms with Crippen molar-refractivity contribution in [3.05, 3.63) is 54.5 Å². The van der Waals surface area contributed by atoms with Crippen LogP contribution in [0.25, 0.3) is 0 Å². The predicted octanol–water partition coefficient (Wildman–Crippen LogP) is 2.93. The van der Waals surface area contributed by atoms with Crippen molar-refractivity contribution >= 4 is 11.7 Å². The Bertz CT molecular complexity index is 660.